The topological polar surface area (TPSA) is 110 Å². The van der Waals surface area contributed by atoms with E-state index in [1.54, 1.807) is 25.1 Å². The molecule has 0 amide bonds. The molecule has 3 aromatic carbocycles. The number of rotatable bonds is 1. The molecular weight excluding hydrogens is 336 g/mol. The largest absolute Gasteiger partial charge is 0.507 e. The summed E-state index contributed by atoms with van der Waals surface area (Å²) in [5.41, 5.74) is -0.142. The van der Waals surface area contributed by atoms with Crippen LogP contribution in [0.2, 0.25) is 0 Å². The second-order valence-electron chi connectivity index (χ2n) is 7.16. The Morgan fingerprint density at radius 3 is 2.23 bits per heavy atom. The highest BCUT2D eigenvalue weighted by atomic mass is 16.5. The lowest BCUT2D eigenvalue weighted by molar-refractivity contribution is 0.0448. The average molecular weight is 356 g/mol. The van der Waals surface area contributed by atoms with E-state index < -0.39 is 5.60 Å². The highest BCUT2D eigenvalue weighted by molar-refractivity contribution is 6.17. The highest BCUT2D eigenvalue weighted by Crippen LogP contribution is 2.54. The lowest BCUT2D eigenvalue weighted by atomic mass is 9.79. The summed E-state index contributed by atoms with van der Waals surface area (Å²) < 4.78 is 5.27. The number of benzene rings is 3. The molecule has 3 aromatic rings. The monoisotopic (exact) mass is 356 g/mol. The minimum Gasteiger partial charge on any atom is -0.507 e. The van der Waals surface area contributed by atoms with Gasteiger partial charge in [-0.1, -0.05) is 12.1 Å². The molecular formula is C20H20O6. The average Bonchev–Trinajstić information content (AvgIpc) is 2.61. The number of hydrogen-bond acceptors (Lipinski definition) is 6. The summed E-state index contributed by atoms with van der Waals surface area (Å²) in [5, 5.41) is 54.1. The summed E-state index contributed by atoms with van der Waals surface area (Å²) in [6.45, 7) is 1.67. The van der Waals surface area contributed by atoms with Crippen LogP contribution in [0, 0.1) is 0 Å². The van der Waals surface area contributed by atoms with Gasteiger partial charge in [-0.2, -0.15) is 0 Å². The molecule has 5 N–H and O–H groups in total. The molecule has 0 saturated heterocycles. The minimum absolute atomic E-state index is 0.0164. The normalized spacial score (nSPS) is 19.7. The van der Waals surface area contributed by atoms with Gasteiger partial charge in [0.1, 0.15) is 28.7 Å². The zero-order chi connectivity index (χ0) is 18.8. The third-order valence-electron chi connectivity index (χ3n) is 5.34. The van der Waals surface area contributed by atoms with Gasteiger partial charge in [0.05, 0.1) is 28.9 Å². The molecule has 0 saturated carbocycles. The Balaban J connectivity index is 2.22. The van der Waals surface area contributed by atoms with Crippen LogP contribution in [0.5, 0.6) is 28.7 Å². The van der Waals surface area contributed by atoms with E-state index in [0.29, 0.717) is 35.1 Å². The van der Waals surface area contributed by atoms with E-state index in [2.05, 4.69) is 0 Å². The lowest BCUT2D eigenvalue weighted by Crippen LogP contribution is -2.32. The van der Waals surface area contributed by atoms with Crippen molar-refractivity contribution in [2.24, 2.45) is 0 Å². The van der Waals surface area contributed by atoms with Crippen molar-refractivity contribution in [1.82, 2.24) is 0 Å². The van der Waals surface area contributed by atoms with Crippen molar-refractivity contribution in [2.75, 3.05) is 7.11 Å². The van der Waals surface area contributed by atoms with E-state index in [0.717, 1.165) is 0 Å². The predicted octanol–water partition coefficient (Wildman–Crippen LogP) is 3.06. The molecule has 6 heteroatoms. The molecule has 4 rings (SSSR count). The summed E-state index contributed by atoms with van der Waals surface area (Å²) >= 11 is 0. The second kappa shape index (κ2) is 5.32. The van der Waals surface area contributed by atoms with Gasteiger partial charge in [-0.15, -0.1) is 0 Å². The molecule has 6 nitrogen and oxygen atoms in total. The Morgan fingerprint density at radius 2 is 1.54 bits per heavy atom. The van der Waals surface area contributed by atoms with Crippen LogP contribution in [0.15, 0.2) is 18.2 Å². The molecule has 0 bridgehead atoms. The van der Waals surface area contributed by atoms with Crippen LogP contribution in [0.1, 0.15) is 24.5 Å². The van der Waals surface area contributed by atoms with Gasteiger partial charge in [-0.3, -0.25) is 0 Å². The van der Waals surface area contributed by atoms with Crippen LogP contribution in [-0.2, 0) is 12.8 Å². The maximum Gasteiger partial charge on any atom is 0.139 e. The molecule has 0 aromatic heterocycles. The van der Waals surface area contributed by atoms with Gasteiger partial charge in [0.25, 0.3) is 0 Å². The van der Waals surface area contributed by atoms with Crippen LogP contribution in [0.3, 0.4) is 0 Å². The number of ether oxygens (including phenoxy) is 1. The van der Waals surface area contributed by atoms with Crippen molar-refractivity contribution in [3.05, 3.63) is 29.3 Å². The minimum atomic E-state index is -1.01. The first-order valence-corrected chi connectivity index (χ1v) is 8.39. The maximum atomic E-state index is 10.8. The number of aromatic hydroxyl groups is 4. The molecule has 1 aliphatic carbocycles. The first-order chi connectivity index (χ1) is 12.3. The highest BCUT2D eigenvalue weighted by Gasteiger charge is 2.34. The number of hydrogen-bond donors (Lipinski definition) is 5. The molecule has 1 atom stereocenters. The third-order valence-corrected chi connectivity index (χ3v) is 5.34. The van der Waals surface area contributed by atoms with Gasteiger partial charge in [0.15, 0.2) is 0 Å². The molecule has 0 unspecified atom stereocenters. The van der Waals surface area contributed by atoms with Crippen molar-refractivity contribution >= 4 is 21.5 Å². The number of aliphatic hydroxyl groups is 1. The first kappa shape index (κ1) is 16.6. The van der Waals surface area contributed by atoms with E-state index in [1.165, 1.54) is 7.11 Å². The fourth-order valence-corrected chi connectivity index (χ4v) is 4.01. The smallest absolute Gasteiger partial charge is 0.139 e. The zero-order valence-electron chi connectivity index (χ0n) is 14.5. The molecule has 0 heterocycles. The van der Waals surface area contributed by atoms with Crippen molar-refractivity contribution in [2.45, 2.75) is 31.8 Å². The van der Waals surface area contributed by atoms with Gasteiger partial charge >= 0.3 is 0 Å². The Labute approximate surface area is 149 Å². The van der Waals surface area contributed by atoms with Crippen LogP contribution in [0.25, 0.3) is 21.5 Å². The van der Waals surface area contributed by atoms with Gasteiger partial charge < -0.3 is 30.3 Å². The van der Waals surface area contributed by atoms with E-state index >= 15 is 0 Å². The third kappa shape index (κ3) is 2.08. The Hall–Kier alpha value is -2.86. The van der Waals surface area contributed by atoms with Gasteiger partial charge in [0.2, 0.25) is 0 Å². The fourth-order valence-electron chi connectivity index (χ4n) is 4.01. The lowest BCUT2D eigenvalue weighted by Gasteiger charge is -2.31. The van der Waals surface area contributed by atoms with Crippen molar-refractivity contribution in [3.63, 3.8) is 0 Å². The van der Waals surface area contributed by atoms with Crippen molar-refractivity contribution < 1.29 is 30.3 Å². The summed E-state index contributed by atoms with van der Waals surface area (Å²) in [4.78, 5) is 0. The number of fused-ring (bicyclic) bond motifs is 3. The predicted molar refractivity (Wildman–Crippen MR) is 97.3 cm³/mol. The van der Waals surface area contributed by atoms with E-state index in [4.69, 9.17) is 4.74 Å². The van der Waals surface area contributed by atoms with Crippen LogP contribution < -0.4 is 4.74 Å². The standard InChI is InChI=1S/C20H20O6/c1-20(25)7-6-9-11(8-20)18(23)14-15(16(9)21)19(24)13-10(17(14)22)4-3-5-12(13)26-2/h3-5,21-25H,6-8H2,1-2H3/t20-/m1/s1. The Morgan fingerprint density at radius 1 is 0.885 bits per heavy atom. The molecule has 0 spiro atoms. The van der Waals surface area contributed by atoms with Crippen LogP contribution in [0.4, 0.5) is 0 Å². The van der Waals surface area contributed by atoms with Gasteiger partial charge in [0, 0.05) is 22.9 Å². The Bertz CT molecular complexity index is 1070. The van der Waals surface area contributed by atoms with E-state index in [1.807, 2.05) is 0 Å². The first-order valence-electron chi connectivity index (χ1n) is 8.39. The number of phenols is 4. The summed E-state index contributed by atoms with van der Waals surface area (Å²) in [7, 11) is 1.45. The molecule has 136 valence electrons. The van der Waals surface area contributed by atoms with Gasteiger partial charge in [-0.25, -0.2) is 0 Å². The number of phenolic OH excluding ortho intramolecular Hbond substituents is 4. The van der Waals surface area contributed by atoms with Gasteiger partial charge in [-0.05, 0) is 25.8 Å². The molecule has 0 radical (unpaired) electrons. The van der Waals surface area contributed by atoms with E-state index in [9.17, 15) is 25.5 Å². The number of methoxy groups -OCH3 is 1. The molecule has 0 aliphatic heterocycles. The molecule has 26 heavy (non-hydrogen) atoms. The zero-order valence-corrected chi connectivity index (χ0v) is 14.5. The fraction of sp³-hybridized carbons (Fsp3) is 0.300. The molecule has 0 fully saturated rings. The quantitative estimate of drug-likeness (QED) is 0.339. The maximum absolute atomic E-state index is 10.8. The van der Waals surface area contributed by atoms with Crippen molar-refractivity contribution in [3.8, 4) is 28.7 Å². The molecule has 1 aliphatic rings. The SMILES string of the molecule is COc1cccc2c(O)c3c(O)c4c(c(O)c3c(O)c12)CC[C@@](C)(O)C4. The van der Waals surface area contributed by atoms with Crippen LogP contribution in [-0.4, -0.2) is 38.2 Å². The second-order valence-corrected chi connectivity index (χ2v) is 7.16. The summed E-state index contributed by atoms with van der Waals surface area (Å²) in [5.74, 6) is -0.600. The van der Waals surface area contributed by atoms with Crippen molar-refractivity contribution in [1.29, 1.82) is 0 Å². The summed E-state index contributed by atoms with van der Waals surface area (Å²) in [6.07, 6.45) is 0.915. The van der Waals surface area contributed by atoms with E-state index in [-0.39, 0.29) is 45.6 Å². The van der Waals surface area contributed by atoms with Crippen LogP contribution >= 0.6 is 0 Å². The summed E-state index contributed by atoms with van der Waals surface area (Å²) in [6, 6.07) is 4.89. The Kier molecular flexibility index (Phi) is 3.39.